The van der Waals surface area contributed by atoms with Crippen LogP contribution in [0, 0.1) is 0 Å². The lowest BCUT2D eigenvalue weighted by molar-refractivity contribution is -0.142. The second kappa shape index (κ2) is 8.76. The van der Waals surface area contributed by atoms with Crippen LogP contribution >= 0.6 is 0 Å². The average Bonchev–Trinajstić information content (AvgIpc) is 2.84. The standard InChI is InChI=1S/C20H29NO2/c1-4-7-11-16-17(15-20(22)23-6-3)19-13-9-10-14-21(19)18(16)12-8-5-2/h4,7,11-12H,5-6,8-10,13-15H2,1-3H3/b7-4-,16-11-,18-12-. The summed E-state index contributed by atoms with van der Waals surface area (Å²) in [6, 6.07) is 0. The van der Waals surface area contributed by atoms with Gasteiger partial charge < -0.3 is 9.30 Å². The minimum absolute atomic E-state index is 0.122. The Morgan fingerprint density at radius 2 is 2.13 bits per heavy atom. The summed E-state index contributed by atoms with van der Waals surface area (Å²) in [6.45, 7) is 7.58. The molecule has 0 fully saturated rings. The Morgan fingerprint density at radius 3 is 2.83 bits per heavy atom. The predicted molar refractivity (Wildman–Crippen MR) is 95.6 cm³/mol. The fourth-order valence-corrected chi connectivity index (χ4v) is 3.30. The van der Waals surface area contributed by atoms with Gasteiger partial charge >= 0.3 is 5.97 Å². The SMILES string of the molecule is C\C=C/C=c1/c(CC(=O)OCC)c2n(/c1=C\CCC)CCCC2. The molecule has 126 valence electrons. The van der Waals surface area contributed by atoms with Crippen LogP contribution in [0.2, 0.25) is 0 Å². The minimum Gasteiger partial charge on any atom is -0.466 e. The first-order valence-corrected chi connectivity index (χ1v) is 8.91. The summed E-state index contributed by atoms with van der Waals surface area (Å²) in [5.74, 6) is -0.122. The fraction of sp³-hybridized carbons (Fsp3) is 0.550. The lowest BCUT2D eigenvalue weighted by atomic mass is 10.0. The number of carbonyl (C=O) groups excluding carboxylic acids is 1. The molecule has 0 aliphatic carbocycles. The van der Waals surface area contributed by atoms with E-state index in [2.05, 4.69) is 29.7 Å². The zero-order valence-corrected chi connectivity index (χ0v) is 14.7. The van der Waals surface area contributed by atoms with Crippen molar-refractivity contribution in [2.75, 3.05) is 6.61 Å². The average molecular weight is 315 g/mol. The molecule has 0 N–H and O–H groups in total. The molecule has 1 aromatic rings. The largest absolute Gasteiger partial charge is 0.466 e. The first-order valence-electron chi connectivity index (χ1n) is 8.91. The lowest BCUT2D eigenvalue weighted by Gasteiger charge is -2.17. The van der Waals surface area contributed by atoms with Gasteiger partial charge in [0.25, 0.3) is 0 Å². The number of nitrogens with zero attached hydrogens (tertiary/aromatic N) is 1. The summed E-state index contributed by atoms with van der Waals surface area (Å²) in [7, 11) is 0. The first kappa shape index (κ1) is 17.6. The summed E-state index contributed by atoms with van der Waals surface area (Å²) in [6.07, 6.45) is 14.7. The second-order valence-electron chi connectivity index (χ2n) is 6.00. The molecule has 0 aromatic carbocycles. The number of allylic oxidation sites excluding steroid dienone is 2. The molecule has 0 spiro atoms. The minimum atomic E-state index is -0.122. The van der Waals surface area contributed by atoms with Gasteiger partial charge in [-0.3, -0.25) is 4.79 Å². The number of ether oxygens (including phenoxy) is 1. The van der Waals surface area contributed by atoms with E-state index in [0.29, 0.717) is 13.0 Å². The monoisotopic (exact) mass is 315 g/mol. The molecule has 1 aliphatic rings. The van der Waals surface area contributed by atoms with E-state index in [4.69, 9.17) is 4.74 Å². The van der Waals surface area contributed by atoms with Crippen molar-refractivity contribution in [1.29, 1.82) is 0 Å². The Kier molecular flexibility index (Phi) is 6.69. The molecule has 0 atom stereocenters. The van der Waals surface area contributed by atoms with Crippen LogP contribution < -0.4 is 10.6 Å². The van der Waals surface area contributed by atoms with Gasteiger partial charge in [0.05, 0.1) is 13.0 Å². The Morgan fingerprint density at radius 1 is 1.30 bits per heavy atom. The van der Waals surface area contributed by atoms with E-state index in [1.165, 1.54) is 34.7 Å². The van der Waals surface area contributed by atoms with Crippen molar-refractivity contribution in [3.8, 4) is 0 Å². The maximum Gasteiger partial charge on any atom is 0.310 e. The zero-order valence-electron chi connectivity index (χ0n) is 14.7. The maximum atomic E-state index is 12.1. The predicted octanol–water partition coefficient (Wildman–Crippen LogP) is 2.87. The summed E-state index contributed by atoms with van der Waals surface area (Å²) >= 11 is 0. The van der Waals surface area contributed by atoms with Gasteiger partial charge in [0, 0.05) is 22.8 Å². The van der Waals surface area contributed by atoms with Gasteiger partial charge in [-0.15, -0.1) is 0 Å². The van der Waals surface area contributed by atoms with Gasteiger partial charge in [-0.1, -0.05) is 37.6 Å². The van der Waals surface area contributed by atoms with Crippen LogP contribution in [0.25, 0.3) is 12.2 Å². The van der Waals surface area contributed by atoms with Gasteiger partial charge in [0.15, 0.2) is 0 Å². The van der Waals surface area contributed by atoms with Gasteiger partial charge in [-0.25, -0.2) is 0 Å². The lowest BCUT2D eigenvalue weighted by Crippen LogP contribution is -2.31. The molecule has 1 aromatic heterocycles. The van der Waals surface area contributed by atoms with E-state index >= 15 is 0 Å². The number of unbranched alkanes of at least 4 members (excludes halogenated alkanes) is 1. The molecule has 0 saturated carbocycles. The highest BCUT2D eigenvalue weighted by Crippen LogP contribution is 2.16. The quantitative estimate of drug-likeness (QED) is 0.756. The molecule has 2 rings (SSSR count). The molecular formula is C20H29NO2. The highest BCUT2D eigenvalue weighted by atomic mass is 16.5. The highest BCUT2D eigenvalue weighted by molar-refractivity contribution is 5.73. The van der Waals surface area contributed by atoms with Gasteiger partial charge in [0.2, 0.25) is 0 Å². The Balaban J connectivity index is 2.62. The second-order valence-corrected chi connectivity index (χ2v) is 6.00. The number of fused-ring (bicyclic) bond motifs is 1. The molecule has 0 radical (unpaired) electrons. The van der Waals surface area contributed by atoms with Crippen molar-refractivity contribution in [2.45, 2.75) is 65.8 Å². The summed E-state index contributed by atoms with van der Waals surface area (Å²) in [4.78, 5) is 12.1. The third-order valence-electron chi connectivity index (χ3n) is 4.32. The van der Waals surface area contributed by atoms with E-state index in [1.54, 1.807) is 0 Å². The maximum absolute atomic E-state index is 12.1. The van der Waals surface area contributed by atoms with Crippen LogP contribution in [-0.2, 0) is 28.9 Å². The van der Waals surface area contributed by atoms with Crippen molar-refractivity contribution in [2.24, 2.45) is 0 Å². The number of hydrogen-bond acceptors (Lipinski definition) is 2. The normalized spacial score (nSPS) is 16.1. The van der Waals surface area contributed by atoms with Gasteiger partial charge in [-0.05, 0) is 45.1 Å². The van der Waals surface area contributed by atoms with Crippen molar-refractivity contribution >= 4 is 18.1 Å². The topological polar surface area (TPSA) is 31.2 Å². The van der Waals surface area contributed by atoms with E-state index < -0.39 is 0 Å². The number of carbonyl (C=O) groups is 1. The van der Waals surface area contributed by atoms with Crippen LogP contribution in [-0.4, -0.2) is 17.1 Å². The van der Waals surface area contributed by atoms with Crippen LogP contribution in [0.3, 0.4) is 0 Å². The van der Waals surface area contributed by atoms with Crippen LogP contribution in [0.1, 0.15) is 57.7 Å². The molecule has 0 amide bonds. The van der Waals surface area contributed by atoms with E-state index in [-0.39, 0.29) is 5.97 Å². The van der Waals surface area contributed by atoms with Gasteiger partial charge in [0.1, 0.15) is 0 Å². The third-order valence-corrected chi connectivity index (χ3v) is 4.32. The molecular weight excluding hydrogens is 286 g/mol. The Hall–Kier alpha value is -1.77. The molecule has 3 nitrogen and oxygen atoms in total. The van der Waals surface area contributed by atoms with E-state index in [0.717, 1.165) is 25.8 Å². The number of rotatable bonds is 6. The fourth-order valence-electron chi connectivity index (χ4n) is 3.30. The molecule has 1 aliphatic heterocycles. The Labute approximate surface area is 139 Å². The third kappa shape index (κ3) is 4.15. The smallest absolute Gasteiger partial charge is 0.310 e. The molecule has 3 heteroatoms. The number of hydrogen-bond donors (Lipinski definition) is 0. The van der Waals surface area contributed by atoms with Crippen LogP contribution in [0.5, 0.6) is 0 Å². The summed E-state index contributed by atoms with van der Waals surface area (Å²) in [5, 5.41) is 2.50. The first-order chi connectivity index (χ1) is 11.2. The molecule has 0 bridgehead atoms. The summed E-state index contributed by atoms with van der Waals surface area (Å²) in [5.41, 5.74) is 2.51. The van der Waals surface area contributed by atoms with Crippen molar-refractivity contribution < 1.29 is 9.53 Å². The number of esters is 1. The van der Waals surface area contributed by atoms with Gasteiger partial charge in [-0.2, -0.15) is 0 Å². The molecule has 0 unspecified atom stereocenters. The molecule has 0 saturated heterocycles. The van der Waals surface area contributed by atoms with Crippen LogP contribution in [0.15, 0.2) is 12.2 Å². The van der Waals surface area contributed by atoms with E-state index in [9.17, 15) is 4.79 Å². The van der Waals surface area contributed by atoms with Crippen molar-refractivity contribution in [1.82, 2.24) is 4.57 Å². The Bertz CT molecular complexity index is 679. The van der Waals surface area contributed by atoms with Crippen LogP contribution in [0.4, 0.5) is 0 Å². The van der Waals surface area contributed by atoms with Crippen molar-refractivity contribution in [3.05, 3.63) is 34.0 Å². The van der Waals surface area contributed by atoms with Crippen molar-refractivity contribution in [3.63, 3.8) is 0 Å². The number of aromatic nitrogens is 1. The molecule has 23 heavy (non-hydrogen) atoms. The summed E-state index contributed by atoms with van der Waals surface area (Å²) < 4.78 is 7.63. The van der Waals surface area contributed by atoms with E-state index in [1.807, 2.05) is 19.9 Å². The zero-order chi connectivity index (χ0) is 16.7. The molecule has 2 heterocycles. The highest BCUT2D eigenvalue weighted by Gasteiger charge is 2.19.